The highest BCUT2D eigenvalue weighted by atomic mass is 16.5. The first-order chi connectivity index (χ1) is 15.5. The van der Waals surface area contributed by atoms with E-state index in [1.807, 2.05) is 68.4 Å². The van der Waals surface area contributed by atoms with E-state index >= 15 is 0 Å². The highest BCUT2D eigenvalue weighted by Gasteiger charge is 2.16. The van der Waals surface area contributed by atoms with Gasteiger partial charge in [0.05, 0.1) is 7.11 Å². The lowest BCUT2D eigenvalue weighted by Gasteiger charge is -2.12. The molecule has 0 aliphatic rings. The predicted octanol–water partition coefficient (Wildman–Crippen LogP) is 4.48. The van der Waals surface area contributed by atoms with Crippen molar-refractivity contribution in [3.8, 4) is 11.5 Å². The number of pyridine rings is 1. The average Bonchev–Trinajstić information content (AvgIpc) is 3.26. The minimum Gasteiger partial charge on any atom is -0.496 e. The topological polar surface area (TPSA) is 86.5 Å². The van der Waals surface area contributed by atoms with Crippen LogP contribution < -0.4 is 14.8 Å². The number of hydrogen-bond donors (Lipinski definition) is 1. The van der Waals surface area contributed by atoms with Gasteiger partial charge in [-0.2, -0.15) is 0 Å². The number of aryl methyl sites for hydroxylation is 1. The van der Waals surface area contributed by atoms with Gasteiger partial charge in [0, 0.05) is 40.7 Å². The molecule has 164 valence electrons. The molecule has 0 radical (unpaired) electrons. The molecule has 32 heavy (non-hydrogen) atoms. The number of aromatic nitrogens is 2. The Morgan fingerprint density at radius 2 is 1.81 bits per heavy atom. The van der Waals surface area contributed by atoms with Gasteiger partial charge in [-0.05, 0) is 38.1 Å². The van der Waals surface area contributed by atoms with Crippen LogP contribution in [0.15, 0.2) is 65.2 Å². The Balaban J connectivity index is 1.38. The van der Waals surface area contributed by atoms with Gasteiger partial charge >= 0.3 is 0 Å². The molecule has 2 heterocycles. The standard InChI is InChI=1S/C25H25N3O4/c1-16-7-6-8-18(26-16)13-17(2)27-25(29)22-14-19(32-28-22)15-31-24-12-11-23(30-3)20-9-4-5-10-21(20)24/h4-12,14,17H,13,15H2,1-3H3,(H,27,29). The van der Waals surface area contributed by atoms with Gasteiger partial charge in [0.1, 0.15) is 18.1 Å². The molecule has 4 rings (SSSR count). The Kier molecular flexibility index (Phi) is 6.35. The van der Waals surface area contributed by atoms with Crippen LogP contribution in [0.1, 0.15) is 34.6 Å². The normalized spacial score (nSPS) is 11.8. The van der Waals surface area contributed by atoms with E-state index in [2.05, 4.69) is 15.5 Å². The molecule has 2 aromatic heterocycles. The predicted molar refractivity (Wildman–Crippen MR) is 121 cm³/mol. The van der Waals surface area contributed by atoms with Crippen molar-refractivity contribution >= 4 is 16.7 Å². The molecule has 1 unspecified atom stereocenters. The van der Waals surface area contributed by atoms with E-state index in [1.54, 1.807) is 13.2 Å². The summed E-state index contributed by atoms with van der Waals surface area (Å²) in [4.78, 5) is 17.0. The van der Waals surface area contributed by atoms with Gasteiger partial charge in [-0.25, -0.2) is 0 Å². The van der Waals surface area contributed by atoms with Crippen LogP contribution in [0.4, 0.5) is 0 Å². The van der Waals surface area contributed by atoms with Crippen LogP contribution >= 0.6 is 0 Å². The zero-order chi connectivity index (χ0) is 22.5. The Morgan fingerprint density at radius 3 is 2.56 bits per heavy atom. The minimum absolute atomic E-state index is 0.0983. The molecule has 0 aliphatic heterocycles. The van der Waals surface area contributed by atoms with Crippen molar-refractivity contribution in [1.82, 2.24) is 15.5 Å². The Labute approximate surface area is 186 Å². The zero-order valence-electron chi connectivity index (χ0n) is 18.3. The number of nitrogens with zero attached hydrogens (tertiary/aromatic N) is 2. The average molecular weight is 431 g/mol. The van der Waals surface area contributed by atoms with Gasteiger partial charge in [0.25, 0.3) is 5.91 Å². The van der Waals surface area contributed by atoms with Crippen molar-refractivity contribution in [2.75, 3.05) is 7.11 Å². The number of carbonyl (C=O) groups excluding carboxylic acids is 1. The third-order valence-corrected chi connectivity index (χ3v) is 5.06. The molecule has 1 atom stereocenters. The highest BCUT2D eigenvalue weighted by molar-refractivity contribution is 5.93. The fourth-order valence-electron chi connectivity index (χ4n) is 3.56. The van der Waals surface area contributed by atoms with E-state index in [0.29, 0.717) is 17.9 Å². The summed E-state index contributed by atoms with van der Waals surface area (Å²) in [6, 6.07) is 18.9. The summed E-state index contributed by atoms with van der Waals surface area (Å²) < 4.78 is 16.7. The molecule has 7 heteroatoms. The van der Waals surface area contributed by atoms with Crippen LogP contribution in [0.3, 0.4) is 0 Å². The number of hydrogen-bond acceptors (Lipinski definition) is 6. The molecule has 2 aromatic carbocycles. The molecule has 1 N–H and O–H groups in total. The molecule has 4 aromatic rings. The van der Waals surface area contributed by atoms with E-state index in [0.717, 1.165) is 27.9 Å². The molecule has 0 saturated heterocycles. The minimum atomic E-state index is -0.296. The maximum absolute atomic E-state index is 12.5. The van der Waals surface area contributed by atoms with Gasteiger partial charge in [0.2, 0.25) is 0 Å². The van der Waals surface area contributed by atoms with Crippen molar-refractivity contribution in [1.29, 1.82) is 0 Å². The first kappa shape index (κ1) is 21.4. The molecule has 0 fully saturated rings. The SMILES string of the molecule is COc1ccc(OCc2cc(C(=O)NC(C)Cc3cccc(C)n3)no2)c2ccccc12. The molecule has 0 saturated carbocycles. The smallest absolute Gasteiger partial charge is 0.273 e. The molecule has 0 spiro atoms. The summed E-state index contributed by atoms with van der Waals surface area (Å²) in [5, 5.41) is 8.72. The lowest BCUT2D eigenvalue weighted by atomic mass is 10.1. The third kappa shape index (κ3) is 4.88. The molecule has 7 nitrogen and oxygen atoms in total. The fraction of sp³-hybridized carbons (Fsp3) is 0.240. The van der Waals surface area contributed by atoms with Gasteiger partial charge < -0.3 is 19.3 Å². The maximum atomic E-state index is 12.5. The highest BCUT2D eigenvalue weighted by Crippen LogP contribution is 2.33. The number of amides is 1. The second-order valence-electron chi connectivity index (χ2n) is 7.63. The second-order valence-corrected chi connectivity index (χ2v) is 7.63. The van der Waals surface area contributed by atoms with Gasteiger partial charge in [-0.15, -0.1) is 0 Å². The number of benzene rings is 2. The number of nitrogens with one attached hydrogen (secondary N) is 1. The van der Waals surface area contributed by atoms with Gasteiger partial charge in [-0.3, -0.25) is 9.78 Å². The van der Waals surface area contributed by atoms with E-state index in [-0.39, 0.29) is 24.2 Å². The number of rotatable bonds is 8. The molecular formula is C25H25N3O4. The van der Waals surface area contributed by atoms with Gasteiger partial charge in [-0.1, -0.05) is 35.5 Å². The van der Waals surface area contributed by atoms with Crippen molar-refractivity contribution in [2.45, 2.75) is 32.9 Å². The first-order valence-electron chi connectivity index (χ1n) is 10.4. The van der Waals surface area contributed by atoms with Crippen LogP contribution in [0.5, 0.6) is 11.5 Å². The van der Waals surface area contributed by atoms with Crippen LogP contribution in [-0.2, 0) is 13.0 Å². The Hall–Kier alpha value is -3.87. The maximum Gasteiger partial charge on any atom is 0.273 e. The van der Waals surface area contributed by atoms with Gasteiger partial charge in [0.15, 0.2) is 11.5 Å². The molecular weight excluding hydrogens is 406 g/mol. The third-order valence-electron chi connectivity index (χ3n) is 5.06. The zero-order valence-corrected chi connectivity index (χ0v) is 18.3. The summed E-state index contributed by atoms with van der Waals surface area (Å²) in [5.74, 6) is 1.64. The summed E-state index contributed by atoms with van der Waals surface area (Å²) in [7, 11) is 1.64. The van der Waals surface area contributed by atoms with E-state index in [4.69, 9.17) is 14.0 Å². The fourth-order valence-corrected chi connectivity index (χ4v) is 3.56. The van der Waals surface area contributed by atoms with E-state index in [1.165, 1.54) is 0 Å². The quantitative estimate of drug-likeness (QED) is 0.443. The van der Waals surface area contributed by atoms with Crippen LogP contribution in [0, 0.1) is 6.92 Å². The molecule has 1 amide bonds. The van der Waals surface area contributed by atoms with Crippen molar-refractivity contribution < 1.29 is 18.8 Å². The van der Waals surface area contributed by atoms with Crippen LogP contribution in [0.25, 0.3) is 10.8 Å². The summed E-state index contributed by atoms with van der Waals surface area (Å²) in [6.07, 6.45) is 0.631. The van der Waals surface area contributed by atoms with E-state index < -0.39 is 0 Å². The monoisotopic (exact) mass is 431 g/mol. The number of methoxy groups -OCH3 is 1. The Morgan fingerprint density at radius 1 is 1.06 bits per heavy atom. The number of carbonyl (C=O) groups is 1. The molecule has 0 aliphatic carbocycles. The summed E-state index contributed by atoms with van der Waals surface area (Å²) in [6.45, 7) is 4.03. The summed E-state index contributed by atoms with van der Waals surface area (Å²) >= 11 is 0. The number of ether oxygens (including phenoxy) is 2. The van der Waals surface area contributed by atoms with Crippen molar-refractivity contribution in [3.63, 3.8) is 0 Å². The largest absolute Gasteiger partial charge is 0.496 e. The Bertz CT molecular complexity index is 1230. The van der Waals surface area contributed by atoms with Crippen molar-refractivity contribution in [2.24, 2.45) is 0 Å². The van der Waals surface area contributed by atoms with Crippen LogP contribution in [0.2, 0.25) is 0 Å². The first-order valence-corrected chi connectivity index (χ1v) is 10.4. The summed E-state index contributed by atoms with van der Waals surface area (Å²) in [5.41, 5.74) is 2.10. The van der Waals surface area contributed by atoms with Crippen LogP contribution in [-0.4, -0.2) is 29.2 Å². The second kappa shape index (κ2) is 9.51. The lowest BCUT2D eigenvalue weighted by Crippen LogP contribution is -2.34. The lowest BCUT2D eigenvalue weighted by molar-refractivity contribution is 0.0930. The molecule has 0 bridgehead atoms. The van der Waals surface area contributed by atoms with E-state index in [9.17, 15) is 4.79 Å². The number of fused-ring (bicyclic) bond motifs is 1. The van der Waals surface area contributed by atoms with Crippen molar-refractivity contribution in [3.05, 3.63) is 83.5 Å².